The van der Waals surface area contributed by atoms with Gasteiger partial charge in [0.15, 0.2) is 0 Å². The van der Waals surface area contributed by atoms with Crippen molar-refractivity contribution >= 4 is 5.91 Å². The van der Waals surface area contributed by atoms with E-state index in [1.807, 2.05) is 6.92 Å². The van der Waals surface area contributed by atoms with Crippen LogP contribution in [0.25, 0.3) is 0 Å². The van der Waals surface area contributed by atoms with E-state index in [0.29, 0.717) is 12.6 Å². The Hall–Kier alpha value is -0.610. The molecule has 0 radical (unpaired) electrons. The third-order valence-electron chi connectivity index (χ3n) is 3.32. The van der Waals surface area contributed by atoms with Gasteiger partial charge in [-0.05, 0) is 32.7 Å². The van der Waals surface area contributed by atoms with E-state index in [0.717, 1.165) is 13.0 Å². The second-order valence-electron chi connectivity index (χ2n) is 4.40. The zero-order valence-electron chi connectivity index (χ0n) is 9.61. The second kappa shape index (κ2) is 6.08. The van der Waals surface area contributed by atoms with Gasteiger partial charge in [-0.1, -0.05) is 12.8 Å². The van der Waals surface area contributed by atoms with Crippen LogP contribution in [0.2, 0.25) is 0 Å². The van der Waals surface area contributed by atoms with Crippen molar-refractivity contribution < 1.29 is 4.79 Å². The lowest BCUT2D eigenvalue weighted by Crippen LogP contribution is -2.48. The van der Waals surface area contributed by atoms with Crippen LogP contribution in [0.4, 0.5) is 0 Å². The fourth-order valence-electron chi connectivity index (χ4n) is 2.37. The van der Waals surface area contributed by atoms with E-state index in [4.69, 9.17) is 11.5 Å². The topological polar surface area (TPSA) is 72.4 Å². The Labute approximate surface area is 92.0 Å². The summed E-state index contributed by atoms with van der Waals surface area (Å²) in [6.07, 6.45) is 5.88. The van der Waals surface area contributed by atoms with Crippen LogP contribution in [0.5, 0.6) is 0 Å². The minimum atomic E-state index is -0.223. The van der Waals surface area contributed by atoms with Crippen molar-refractivity contribution in [1.82, 2.24) is 4.90 Å². The van der Waals surface area contributed by atoms with E-state index in [-0.39, 0.29) is 11.9 Å². The maximum Gasteiger partial charge on any atom is 0.234 e. The summed E-state index contributed by atoms with van der Waals surface area (Å²) < 4.78 is 0. The Morgan fingerprint density at radius 1 is 1.47 bits per heavy atom. The normalized spacial score (nSPS) is 19.7. The summed E-state index contributed by atoms with van der Waals surface area (Å²) in [5.41, 5.74) is 10.9. The van der Waals surface area contributed by atoms with Crippen LogP contribution in [0.15, 0.2) is 0 Å². The van der Waals surface area contributed by atoms with Crippen molar-refractivity contribution in [2.24, 2.45) is 11.5 Å². The minimum Gasteiger partial charge on any atom is -0.368 e. The second-order valence-corrected chi connectivity index (χ2v) is 4.40. The summed E-state index contributed by atoms with van der Waals surface area (Å²) >= 11 is 0. The van der Waals surface area contributed by atoms with Crippen molar-refractivity contribution in [3.05, 3.63) is 0 Å². The molecule has 0 bridgehead atoms. The van der Waals surface area contributed by atoms with E-state index >= 15 is 0 Å². The van der Waals surface area contributed by atoms with Gasteiger partial charge in [0.1, 0.15) is 0 Å². The fourth-order valence-corrected chi connectivity index (χ4v) is 2.37. The molecule has 1 atom stereocenters. The van der Waals surface area contributed by atoms with Gasteiger partial charge in [-0.3, -0.25) is 9.69 Å². The van der Waals surface area contributed by atoms with E-state index in [2.05, 4.69) is 4.90 Å². The summed E-state index contributed by atoms with van der Waals surface area (Å²) in [5.74, 6) is -0.223. The Balaban J connectivity index is 2.54. The molecule has 0 heterocycles. The number of nitrogens with zero attached hydrogens (tertiary/aromatic N) is 1. The van der Waals surface area contributed by atoms with E-state index in [1.54, 1.807) is 0 Å². The molecule has 0 aromatic carbocycles. The van der Waals surface area contributed by atoms with Crippen molar-refractivity contribution in [1.29, 1.82) is 0 Å². The third kappa shape index (κ3) is 3.47. The summed E-state index contributed by atoms with van der Waals surface area (Å²) in [7, 11) is 0. The Morgan fingerprint density at radius 2 is 2.07 bits per heavy atom. The molecule has 0 aromatic heterocycles. The molecule has 4 nitrogen and oxygen atoms in total. The first kappa shape index (κ1) is 12.5. The summed E-state index contributed by atoms with van der Waals surface area (Å²) in [5, 5.41) is 0. The summed E-state index contributed by atoms with van der Waals surface area (Å²) in [4.78, 5) is 13.4. The van der Waals surface area contributed by atoms with Gasteiger partial charge >= 0.3 is 0 Å². The molecule has 1 saturated carbocycles. The third-order valence-corrected chi connectivity index (χ3v) is 3.32. The lowest BCUT2D eigenvalue weighted by atomic mass is 10.1. The molecule has 0 saturated heterocycles. The van der Waals surface area contributed by atoms with Gasteiger partial charge in [0.2, 0.25) is 5.91 Å². The summed E-state index contributed by atoms with van der Waals surface area (Å²) in [6.45, 7) is 3.47. The predicted molar refractivity (Wildman–Crippen MR) is 61.3 cm³/mol. The SMILES string of the molecule is CC(C(N)=O)N(CCCN)C1CCCC1. The molecule has 0 spiro atoms. The molecule has 15 heavy (non-hydrogen) atoms. The molecule has 88 valence electrons. The molecule has 4 N–H and O–H groups in total. The molecular formula is C11H23N3O. The standard InChI is InChI=1S/C11H23N3O/c1-9(11(13)15)14(8-4-7-12)10-5-2-3-6-10/h9-10H,2-8,12H2,1H3,(H2,13,15). The van der Waals surface area contributed by atoms with Crippen LogP contribution in [-0.4, -0.2) is 36.0 Å². The predicted octanol–water partition coefficient (Wildman–Crippen LogP) is 0.454. The molecule has 1 unspecified atom stereocenters. The van der Waals surface area contributed by atoms with Crippen LogP contribution in [0, 0.1) is 0 Å². The first-order chi connectivity index (χ1) is 7.16. The number of amides is 1. The monoisotopic (exact) mass is 213 g/mol. The lowest BCUT2D eigenvalue weighted by molar-refractivity contribution is -0.123. The van der Waals surface area contributed by atoms with Gasteiger partial charge < -0.3 is 11.5 Å². The molecule has 1 aliphatic rings. The van der Waals surface area contributed by atoms with Gasteiger partial charge in [0.05, 0.1) is 6.04 Å². The first-order valence-corrected chi connectivity index (χ1v) is 5.92. The van der Waals surface area contributed by atoms with Crippen molar-refractivity contribution in [2.45, 2.75) is 51.1 Å². The van der Waals surface area contributed by atoms with E-state index in [1.165, 1.54) is 25.7 Å². The number of rotatable bonds is 6. The maximum absolute atomic E-state index is 11.2. The van der Waals surface area contributed by atoms with E-state index in [9.17, 15) is 4.79 Å². The van der Waals surface area contributed by atoms with E-state index < -0.39 is 0 Å². The number of nitrogens with two attached hydrogens (primary N) is 2. The van der Waals surface area contributed by atoms with Crippen LogP contribution in [0.1, 0.15) is 39.0 Å². The van der Waals surface area contributed by atoms with Gasteiger partial charge in [0.25, 0.3) is 0 Å². The summed E-state index contributed by atoms with van der Waals surface area (Å²) in [6, 6.07) is 0.388. The highest BCUT2D eigenvalue weighted by Gasteiger charge is 2.28. The zero-order valence-corrected chi connectivity index (χ0v) is 9.61. The molecule has 0 aromatic rings. The average Bonchev–Trinajstić information content (AvgIpc) is 2.71. The molecule has 0 aliphatic heterocycles. The number of carbonyl (C=O) groups is 1. The average molecular weight is 213 g/mol. The lowest BCUT2D eigenvalue weighted by Gasteiger charge is -2.32. The van der Waals surface area contributed by atoms with Gasteiger partial charge in [-0.2, -0.15) is 0 Å². The highest BCUT2D eigenvalue weighted by atomic mass is 16.1. The van der Waals surface area contributed by atoms with Crippen LogP contribution < -0.4 is 11.5 Å². The quantitative estimate of drug-likeness (QED) is 0.673. The Bertz CT molecular complexity index is 202. The number of hydrogen-bond donors (Lipinski definition) is 2. The molecule has 1 aliphatic carbocycles. The first-order valence-electron chi connectivity index (χ1n) is 5.92. The molecular weight excluding hydrogens is 190 g/mol. The Morgan fingerprint density at radius 3 is 2.53 bits per heavy atom. The zero-order chi connectivity index (χ0) is 11.3. The molecule has 4 heteroatoms. The van der Waals surface area contributed by atoms with Crippen molar-refractivity contribution in [3.63, 3.8) is 0 Å². The highest BCUT2D eigenvalue weighted by molar-refractivity contribution is 5.79. The molecule has 1 rings (SSSR count). The highest BCUT2D eigenvalue weighted by Crippen LogP contribution is 2.25. The van der Waals surface area contributed by atoms with Crippen LogP contribution in [-0.2, 0) is 4.79 Å². The number of carbonyl (C=O) groups excluding carboxylic acids is 1. The molecule has 1 fully saturated rings. The van der Waals surface area contributed by atoms with Crippen molar-refractivity contribution in [2.75, 3.05) is 13.1 Å². The van der Waals surface area contributed by atoms with Crippen molar-refractivity contribution in [3.8, 4) is 0 Å². The van der Waals surface area contributed by atoms with Crippen LogP contribution in [0.3, 0.4) is 0 Å². The van der Waals surface area contributed by atoms with Gasteiger partial charge in [0, 0.05) is 12.6 Å². The van der Waals surface area contributed by atoms with Gasteiger partial charge in [-0.25, -0.2) is 0 Å². The van der Waals surface area contributed by atoms with Gasteiger partial charge in [-0.15, -0.1) is 0 Å². The number of hydrogen-bond acceptors (Lipinski definition) is 3. The minimum absolute atomic E-state index is 0.153. The molecule has 1 amide bonds. The maximum atomic E-state index is 11.2. The Kier molecular flexibility index (Phi) is 5.05. The largest absolute Gasteiger partial charge is 0.368 e. The number of primary amides is 1. The van der Waals surface area contributed by atoms with Crippen LogP contribution >= 0.6 is 0 Å². The fraction of sp³-hybridized carbons (Fsp3) is 0.909. The smallest absolute Gasteiger partial charge is 0.234 e.